The van der Waals surface area contributed by atoms with E-state index < -0.39 is 5.97 Å². The number of aliphatic carboxylic acids is 1. The summed E-state index contributed by atoms with van der Waals surface area (Å²) in [5.41, 5.74) is 3.40. The van der Waals surface area contributed by atoms with Crippen LogP contribution in [0.25, 0.3) is 0 Å². The molecule has 1 aliphatic rings. The molecular formula is C19H21ClN2O2. The number of hydrogen-bond donors (Lipinski definition) is 1. The lowest BCUT2D eigenvalue weighted by molar-refractivity contribution is -0.143. The van der Waals surface area contributed by atoms with Crippen molar-refractivity contribution < 1.29 is 9.90 Å². The molecule has 1 fully saturated rings. The highest BCUT2D eigenvalue weighted by atomic mass is 35.5. The summed E-state index contributed by atoms with van der Waals surface area (Å²) in [6.07, 6.45) is 5.29. The van der Waals surface area contributed by atoms with E-state index in [2.05, 4.69) is 9.88 Å². The number of nitrogens with zero attached hydrogens (tertiary/aromatic N) is 2. The molecular weight excluding hydrogens is 324 g/mol. The molecule has 3 rings (SSSR count). The van der Waals surface area contributed by atoms with Crippen molar-refractivity contribution in [1.29, 1.82) is 0 Å². The summed E-state index contributed by atoms with van der Waals surface area (Å²) in [5.74, 6) is -1.02. The van der Waals surface area contributed by atoms with E-state index >= 15 is 0 Å². The fourth-order valence-corrected chi connectivity index (χ4v) is 3.59. The van der Waals surface area contributed by atoms with Crippen molar-refractivity contribution in [3.8, 4) is 0 Å². The van der Waals surface area contributed by atoms with Gasteiger partial charge in [-0.15, -0.1) is 0 Å². The molecule has 2 unspecified atom stereocenters. The van der Waals surface area contributed by atoms with Crippen molar-refractivity contribution >= 4 is 17.6 Å². The summed E-state index contributed by atoms with van der Waals surface area (Å²) in [6.45, 7) is 3.49. The molecule has 2 atom stereocenters. The van der Waals surface area contributed by atoms with Gasteiger partial charge in [0.05, 0.1) is 12.0 Å². The Morgan fingerprint density at radius 2 is 2.08 bits per heavy atom. The second kappa shape index (κ2) is 7.32. The normalized spacial score (nSPS) is 19.8. The van der Waals surface area contributed by atoms with Crippen LogP contribution in [-0.4, -0.2) is 34.0 Å². The molecule has 1 aliphatic heterocycles. The Kier molecular flexibility index (Phi) is 5.17. The van der Waals surface area contributed by atoms with Gasteiger partial charge in [0.15, 0.2) is 0 Å². The largest absolute Gasteiger partial charge is 0.481 e. The van der Waals surface area contributed by atoms with E-state index in [4.69, 9.17) is 11.6 Å². The number of aromatic nitrogens is 1. The number of hydrogen-bond acceptors (Lipinski definition) is 3. The number of carboxylic acids is 1. The van der Waals surface area contributed by atoms with E-state index in [-0.39, 0.29) is 12.0 Å². The van der Waals surface area contributed by atoms with Crippen molar-refractivity contribution in [2.75, 3.05) is 13.1 Å². The first-order valence-electron chi connectivity index (χ1n) is 8.19. The minimum Gasteiger partial charge on any atom is -0.481 e. The average molecular weight is 345 g/mol. The van der Waals surface area contributed by atoms with Crippen molar-refractivity contribution in [2.24, 2.45) is 5.92 Å². The summed E-state index contributed by atoms with van der Waals surface area (Å²) in [6, 6.07) is 9.87. The monoisotopic (exact) mass is 344 g/mol. The summed E-state index contributed by atoms with van der Waals surface area (Å²) < 4.78 is 0. The Morgan fingerprint density at radius 1 is 1.33 bits per heavy atom. The van der Waals surface area contributed by atoms with Gasteiger partial charge in [-0.1, -0.05) is 23.7 Å². The molecule has 1 aromatic carbocycles. The molecule has 1 aromatic heterocycles. The summed E-state index contributed by atoms with van der Waals surface area (Å²) in [4.78, 5) is 17.9. The van der Waals surface area contributed by atoms with Crippen molar-refractivity contribution in [1.82, 2.24) is 9.88 Å². The predicted molar refractivity (Wildman–Crippen MR) is 94.2 cm³/mol. The Labute approximate surface area is 147 Å². The van der Waals surface area contributed by atoms with E-state index in [9.17, 15) is 9.90 Å². The molecule has 0 saturated carbocycles. The summed E-state index contributed by atoms with van der Waals surface area (Å²) >= 11 is 6.04. The Bertz CT molecular complexity index is 718. The number of benzene rings is 1. The van der Waals surface area contributed by atoms with Crippen molar-refractivity contribution in [2.45, 2.75) is 25.8 Å². The van der Waals surface area contributed by atoms with Crippen LogP contribution in [0, 0.1) is 12.8 Å². The number of likely N-dealkylation sites (tertiary alicyclic amines) is 1. The maximum absolute atomic E-state index is 11.5. The van der Waals surface area contributed by atoms with Gasteiger partial charge in [0.1, 0.15) is 0 Å². The number of carbonyl (C=O) groups is 1. The van der Waals surface area contributed by atoms with Crippen molar-refractivity contribution in [3.63, 3.8) is 0 Å². The molecule has 0 spiro atoms. The van der Waals surface area contributed by atoms with Crippen LogP contribution in [0.4, 0.5) is 0 Å². The van der Waals surface area contributed by atoms with E-state index in [1.807, 2.05) is 43.5 Å². The molecule has 2 aromatic rings. The third-order valence-corrected chi connectivity index (χ3v) is 4.96. The molecule has 126 valence electrons. The first-order chi connectivity index (χ1) is 11.6. The summed E-state index contributed by atoms with van der Waals surface area (Å²) in [7, 11) is 0. The van der Waals surface area contributed by atoms with Crippen LogP contribution in [0.2, 0.25) is 5.02 Å². The number of halogens is 1. The van der Waals surface area contributed by atoms with E-state index in [0.29, 0.717) is 11.6 Å². The molecule has 0 radical (unpaired) electrons. The van der Waals surface area contributed by atoms with Crippen LogP contribution < -0.4 is 0 Å². The molecule has 1 N–H and O–H groups in total. The van der Waals surface area contributed by atoms with Gasteiger partial charge in [-0.3, -0.25) is 14.7 Å². The highest BCUT2D eigenvalue weighted by molar-refractivity contribution is 6.30. The maximum atomic E-state index is 11.5. The number of rotatable bonds is 4. The van der Waals surface area contributed by atoms with E-state index in [1.54, 1.807) is 6.20 Å². The quantitative estimate of drug-likeness (QED) is 0.913. The van der Waals surface area contributed by atoms with E-state index in [0.717, 1.165) is 30.5 Å². The molecule has 2 heterocycles. The lowest BCUT2D eigenvalue weighted by Crippen LogP contribution is -2.41. The second-order valence-corrected chi connectivity index (χ2v) is 6.80. The number of piperidine rings is 1. The first kappa shape index (κ1) is 16.9. The van der Waals surface area contributed by atoms with Crippen LogP contribution in [0.5, 0.6) is 0 Å². The van der Waals surface area contributed by atoms with Gasteiger partial charge in [0.2, 0.25) is 0 Å². The Balaban J connectivity index is 2.00. The molecule has 0 bridgehead atoms. The SMILES string of the molecule is Cc1cnccc1C(c1ccc(Cl)cc1)N1CCCC(C(=O)O)C1. The Hall–Kier alpha value is -1.91. The minimum atomic E-state index is -0.707. The fourth-order valence-electron chi connectivity index (χ4n) is 3.47. The van der Waals surface area contributed by atoms with Gasteiger partial charge in [-0.05, 0) is 61.2 Å². The second-order valence-electron chi connectivity index (χ2n) is 6.36. The lowest BCUT2D eigenvalue weighted by atomic mass is 9.90. The van der Waals surface area contributed by atoms with Gasteiger partial charge in [0.25, 0.3) is 0 Å². The highest BCUT2D eigenvalue weighted by Gasteiger charge is 2.31. The predicted octanol–water partition coefficient (Wildman–Crippen LogP) is 3.93. The zero-order valence-electron chi connectivity index (χ0n) is 13.7. The van der Waals surface area contributed by atoms with Crippen LogP contribution in [0.15, 0.2) is 42.7 Å². The molecule has 24 heavy (non-hydrogen) atoms. The molecule has 4 nitrogen and oxygen atoms in total. The molecule has 0 aliphatic carbocycles. The third-order valence-electron chi connectivity index (χ3n) is 4.71. The molecule has 1 saturated heterocycles. The van der Waals surface area contributed by atoms with Gasteiger partial charge in [-0.2, -0.15) is 0 Å². The standard InChI is InChI=1S/C19H21ClN2O2/c1-13-11-21-9-8-17(13)18(14-4-6-16(20)7-5-14)22-10-2-3-15(12-22)19(23)24/h4-9,11,15,18H,2-3,10,12H2,1H3,(H,23,24). The Morgan fingerprint density at radius 3 is 2.75 bits per heavy atom. The number of carboxylic acid groups (broad SMARTS) is 1. The van der Waals surface area contributed by atoms with Gasteiger partial charge in [0, 0.05) is 24.0 Å². The fraction of sp³-hybridized carbons (Fsp3) is 0.368. The molecule has 0 amide bonds. The zero-order valence-corrected chi connectivity index (χ0v) is 14.4. The first-order valence-corrected chi connectivity index (χ1v) is 8.57. The zero-order chi connectivity index (χ0) is 17.1. The van der Waals surface area contributed by atoms with Crippen LogP contribution in [0.3, 0.4) is 0 Å². The van der Waals surface area contributed by atoms with E-state index in [1.165, 1.54) is 5.56 Å². The van der Waals surface area contributed by atoms with Crippen molar-refractivity contribution in [3.05, 3.63) is 64.4 Å². The highest BCUT2D eigenvalue weighted by Crippen LogP contribution is 2.34. The average Bonchev–Trinajstić information content (AvgIpc) is 2.59. The van der Waals surface area contributed by atoms with Crippen LogP contribution >= 0.6 is 11.6 Å². The summed E-state index contributed by atoms with van der Waals surface area (Å²) in [5, 5.41) is 10.1. The van der Waals surface area contributed by atoms with Gasteiger partial charge in [-0.25, -0.2) is 0 Å². The third kappa shape index (κ3) is 3.60. The molecule has 5 heteroatoms. The number of pyridine rings is 1. The number of aryl methyl sites for hydroxylation is 1. The van der Waals surface area contributed by atoms with Crippen LogP contribution in [0.1, 0.15) is 35.6 Å². The van der Waals surface area contributed by atoms with Crippen LogP contribution in [-0.2, 0) is 4.79 Å². The smallest absolute Gasteiger partial charge is 0.307 e. The maximum Gasteiger partial charge on any atom is 0.307 e. The topological polar surface area (TPSA) is 53.4 Å². The van der Waals surface area contributed by atoms with Gasteiger partial charge < -0.3 is 5.11 Å². The lowest BCUT2D eigenvalue weighted by Gasteiger charge is -2.38. The minimum absolute atomic E-state index is 0.0208. The van der Waals surface area contributed by atoms with Gasteiger partial charge >= 0.3 is 5.97 Å².